The van der Waals surface area contributed by atoms with Gasteiger partial charge >= 0.3 is 17.7 Å². The molecule has 1 aromatic heterocycles. The third-order valence-electron chi connectivity index (χ3n) is 4.55. The Bertz CT molecular complexity index is 1010. The first-order chi connectivity index (χ1) is 13.8. The summed E-state index contributed by atoms with van der Waals surface area (Å²) in [5.74, 6) is -0.183. The average Bonchev–Trinajstić information content (AvgIpc) is 2.56. The summed E-state index contributed by atoms with van der Waals surface area (Å²) in [6.45, 7) is 14.4. The maximum Gasteiger partial charge on any atom is 0.408 e. The van der Waals surface area contributed by atoms with Crippen molar-refractivity contribution in [3.63, 3.8) is 0 Å². The van der Waals surface area contributed by atoms with Crippen LogP contribution in [-0.2, 0) is 9.53 Å². The van der Waals surface area contributed by atoms with E-state index in [1.165, 1.54) is 0 Å². The fourth-order valence-electron chi connectivity index (χ4n) is 3.08. The van der Waals surface area contributed by atoms with Gasteiger partial charge in [-0.3, -0.25) is 0 Å². The van der Waals surface area contributed by atoms with E-state index in [0.29, 0.717) is 34.3 Å². The molecule has 30 heavy (non-hydrogen) atoms. The van der Waals surface area contributed by atoms with Crippen LogP contribution in [-0.4, -0.2) is 23.7 Å². The van der Waals surface area contributed by atoms with E-state index in [2.05, 4.69) is 5.32 Å². The average molecular weight is 418 g/mol. The number of ether oxygens (including phenoxy) is 2. The van der Waals surface area contributed by atoms with E-state index in [9.17, 15) is 14.4 Å². The van der Waals surface area contributed by atoms with E-state index >= 15 is 0 Å². The number of esters is 1. The molecule has 1 aromatic carbocycles. The number of alkyl carbamates (subject to hydrolysis) is 1. The van der Waals surface area contributed by atoms with Crippen LogP contribution in [0.4, 0.5) is 4.79 Å². The molecule has 0 saturated carbocycles. The third kappa shape index (κ3) is 5.84. The van der Waals surface area contributed by atoms with Crippen molar-refractivity contribution in [2.75, 3.05) is 0 Å². The van der Waals surface area contributed by atoms with Crippen LogP contribution in [0.3, 0.4) is 0 Å². The Morgan fingerprint density at radius 2 is 1.73 bits per heavy atom. The number of fused-ring (bicyclic) bond motifs is 1. The first kappa shape index (κ1) is 23.4. The molecule has 1 atom stereocenters. The van der Waals surface area contributed by atoms with Gasteiger partial charge in [0.05, 0.1) is 5.39 Å². The van der Waals surface area contributed by atoms with Crippen molar-refractivity contribution in [1.29, 1.82) is 0 Å². The van der Waals surface area contributed by atoms with Crippen LogP contribution in [0.2, 0.25) is 0 Å². The van der Waals surface area contributed by atoms with E-state index in [0.717, 1.165) is 5.56 Å². The highest BCUT2D eigenvalue weighted by molar-refractivity contribution is 5.92. The van der Waals surface area contributed by atoms with E-state index in [4.69, 9.17) is 13.9 Å². The SMILES string of the molecule is Cc1cc(OC(=O)C(CC(C)C)NC(=O)OC(C)(C)C)c2c(C)c(C)c(=O)oc2c1. The minimum Gasteiger partial charge on any atom is -0.444 e. The second-order valence-corrected chi connectivity index (χ2v) is 9.03. The Kier molecular flexibility index (Phi) is 6.95. The van der Waals surface area contributed by atoms with Crippen molar-refractivity contribution in [2.24, 2.45) is 5.92 Å². The molecule has 0 spiro atoms. The van der Waals surface area contributed by atoms with Crippen LogP contribution in [0.15, 0.2) is 21.3 Å². The molecular weight excluding hydrogens is 386 g/mol. The third-order valence-corrected chi connectivity index (χ3v) is 4.55. The minimum atomic E-state index is -0.882. The Morgan fingerprint density at radius 1 is 1.10 bits per heavy atom. The smallest absolute Gasteiger partial charge is 0.408 e. The molecule has 0 bridgehead atoms. The zero-order chi connectivity index (χ0) is 22.8. The monoisotopic (exact) mass is 417 g/mol. The number of rotatable bonds is 5. The quantitative estimate of drug-likeness (QED) is 0.435. The standard InChI is InChI=1S/C23H31NO6/c1-12(2)9-16(24-22(27)30-23(6,7)8)21(26)29-18-11-13(3)10-17-19(18)14(4)15(5)20(25)28-17/h10-12,16H,9H2,1-8H3,(H,24,27). The predicted octanol–water partition coefficient (Wildman–Crippen LogP) is 4.56. The molecule has 0 aliphatic rings. The Balaban J connectivity index is 2.39. The zero-order valence-corrected chi connectivity index (χ0v) is 19.0. The van der Waals surface area contributed by atoms with Crippen LogP contribution in [0.1, 0.15) is 57.7 Å². The highest BCUT2D eigenvalue weighted by Crippen LogP contribution is 2.31. The van der Waals surface area contributed by atoms with Crippen LogP contribution in [0.5, 0.6) is 5.75 Å². The van der Waals surface area contributed by atoms with Gasteiger partial charge < -0.3 is 19.2 Å². The summed E-state index contributed by atoms with van der Waals surface area (Å²) in [4.78, 5) is 37.2. The largest absolute Gasteiger partial charge is 0.444 e. The number of hydrogen-bond donors (Lipinski definition) is 1. The van der Waals surface area contributed by atoms with Gasteiger partial charge in [0, 0.05) is 5.56 Å². The normalized spacial score (nSPS) is 12.7. The number of carbonyl (C=O) groups is 2. The van der Waals surface area contributed by atoms with Gasteiger partial charge in [0.2, 0.25) is 0 Å². The van der Waals surface area contributed by atoms with E-state index in [-0.39, 0.29) is 5.92 Å². The molecular formula is C23H31NO6. The molecule has 0 radical (unpaired) electrons. The minimum absolute atomic E-state index is 0.133. The number of nitrogens with one attached hydrogen (secondary N) is 1. The van der Waals surface area contributed by atoms with E-state index < -0.39 is 29.3 Å². The van der Waals surface area contributed by atoms with Crippen LogP contribution < -0.4 is 15.7 Å². The molecule has 7 nitrogen and oxygen atoms in total. The molecule has 2 aromatic rings. The number of carbonyl (C=O) groups excluding carboxylic acids is 2. The number of aryl methyl sites for hydroxylation is 2. The topological polar surface area (TPSA) is 94.8 Å². The molecule has 1 N–H and O–H groups in total. The van der Waals surface area contributed by atoms with Crippen LogP contribution >= 0.6 is 0 Å². The van der Waals surface area contributed by atoms with Crippen molar-refractivity contribution in [2.45, 2.75) is 73.5 Å². The molecule has 7 heteroatoms. The lowest BCUT2D eigenvalue weighted by Gasteiger charge is -2.24. The van der Waals surface area contributed by atoms with Gasteiger partial charge in [0.15, 0.2) is 0 Å². The molecule has 0 saturated heterocycles. The second kappa shape index (κ2) is 8.90. The van der Waals surface area contributed by atoms with Gasteiger partial charge in [-0.2, -0.15) is 0 Å². The predicted molar refractivity (Wildman–Crippen MR) is 115 cm³/mol. The number of amides is 1. The highest BCUT2D eigenvalue weighted by atomic mass is 16.6. The molecule has 1 heterocycles. The summed E-state index contributed by atoms with van der Waals surface area (Å²) in [5, 5.41) is 3.18. The summed E-state index contributed by atoms with van der Waals surface area (Å²) >= 11 is 0. The lowest BCUT2D eigenvalue weighted by atomic mass is 10.0. The summed E-state index contributed by atoms with van der Waals surface area (Å²) < 4.78 is 16.4. The lowest BCUT2D eigenvalue weighted by molar-refractivity contribution is -0.137. The van der Waals surface area contributed by atoms with Gasteiger partial charge in [-0.25, -0.2) is 14.4 Å². The molecule has 1 amide bonds. The first-order valence-electron chi connectivity index (χ1n) is 10.0. The fourth-order valence-corrected chi connectivity index (χ4v) is 3.08. The van der Waals surface area contributed by atoms with E-state index in [1.54, 1.807) is 46.8 Å². The van der Waals surface area contributed by atoms with Gasteiger partial charge in [0.25, 0.3) is 0 Å². The number of benzene rings is 1. The fraction of sp³-hybridized carbons (Fsp3) is 0.522. The second-order valence-electron chi connectivity index (χ2n) is 9.03. The maximum absolute atomic E-state index is 13.0. The Labute approximate surface area is 176 Å². The van der Waals surface area contributed by atoms with Crippen molar-refractivity contribution < 1.29 is 23.5 Å². The van der Waals surface area contributed by atoms with Crippen molar-refractivity contribution in [1.82, 2.24) is 5.32 Å². The molecule has 1 unspecified atom stereocenters. The van der Waals surface area contributed by atoms with Crippen molar-refractivity contribution >= 4 is 23.0 Å². The van der Waals surface area contributed by atoms with Gasteiger partial charge in [-0.1, -0.05) is 13.8 Å². The van der Waals surface area contributed by atoms with Crippen molar-refractivity contribution in [3.8, 4) is 5.75 Å². The summed E-state index contributed by atoms with van der Waals surface area (Å²) in [6, 6.07) is 2.56. The summed E-state index contributed by atoms with van der Waals surface area (Å²) in [7, 11) is 0. The van der Waals surface area contributed by atoms with Gasteiger partial charge in [0.1, 0.15) is 23.0 Å². The first-order valence-corrected chi connectivity index (χ1v) is 10.0. The maximum atomic E-state index is 13.0. The molecule has 2 rings (SSSR count). The highest BCUT2D eigenvalue weighted by Gasteiger charge is 2.27. The Morgan fingerprint density at radius 3 is 2.30 bits per heavy atom. The molecule has 0 aliphatic heterocycles. The summed E-state index contributed by atoms with van der Waals surface area (Å²) in [6.07, 6.45) is -0.299. The molecule has 0 fully saturated rings. The molecule has 0 aliphatic carbocycles. The van der Waals surface area contributed by atoms with Crippen LogP contribution in [0, 0.1) is 26.7 Å². The summed E-state index contributed by atoms with van der Waals surface area (Å²) in [5.41, 5.74) is 1.16. The van der Waals surface area contributed by atoms with E-state index in [1.807, 2.05) is 20.8 Å². The zero-order valence-electron chi connectivity index (χ0n) is 19.0. The van der Waals surface area contributed by atoms with Crippen molar-refractivity contribution in [3.05, 3.63) is 39.2 Å². The molecule has 164 valence electrons. The Hall–Kier alpha value is -2.83. The van der Waals surface area contributed by atoms with Gasteiger partial charge in [-0.05, 0) is 77.1 Å². The van der Waals surface area contributed by atoms with Crippen LogP contribution in [0.25, 0.3) is 11.0 Å². The number of hydrogen-bond acceptors (Lipinski definition) is 6. The van der Waals surface area contributed by atoms with Gasteiger partial charge in [-0.15, -0.1) is 0 Å². The lowest BCUT2D eigenvalue weighted by Crippen LogP contribution is -2.45.